The lowest BCUT2D eigenvalue weighted by Crippen LogP contribution is -1.98. The Kier molecular flexibility index (Phi) is 6.40. The van der Waals surface area contributed by atoms with Gasteiger partial charge in [0.05, 0.1) is 5.69 Å². The second-order valence-electron chi connectivity index (χ2n) is 7.72. The van der Waals surface area contributed by atoms with Crippen LogP contribution < -0.4 is 5.32 Å². The Bertz CT molecular complexity index is 582. The smallest absolute Gasteiger partial charge is 0.0711 e. The molecular weight excluding hydrogens is 290 g/mol. The summed E-state index contributed by atoms with van der Waals surface area (Å²) in [6.07, 6.45) is 17.7. The second kappa shape index (κ2) is 8.74. The van der Waals surface area contributed by atoms with Gasteiger partial charge in [-0.1, -0.05) is 64.4 Å². The van der Waals surface area contributed by atoms with Gasteiger partial charge in [-0.3, -0.25) is 5.32 Å². The fourth-order valence-electron chi connectivity index (χ4n) is 4.37. The van der Waals surface area contributed by atoms with Gasteiger partial charge in [0.25, 0.3) is 0 Å². The summed E-state index contributed by atoms with van der Waals surface area (Å²) in [7, 11) is 0. The topological polar surface area (TPSA) is 14.1 Å². The van der Waals surface area contributed by atoms with Crippen molar-refractivity contribution in [2.45, 2.75) is 97.3 Å². The van der Waals surface area contributed by atoms with E-state index in [0.717, 1.165) is 0 Å². The van der Waals surface area contributed by atoms with Crippen LogP contribution in [-0.4, -0.2) is 0 Å². The molecule has 1 aliphatic carbocycles. The van der Waals surface area contributed by atoms with Crippen LogP contribution in [0, 0.1) is 6.92 Å². The van der Waals surface area contributed by atoms with Crippen molar-refractivity contribution in [1.29, 1.82) is 0 Å². The van der Waals surface area contributed by atoms with E-state index >= 15 is 0 Å². The molecule has 0 atom stereocenters. The van der Waals surface area contributed by atoms with E-state index in [1.807, 2.05) is 0 Å². The highest BCUT2D eigenvalue weighted by molar-refractivity contribution is 5.85. The third-order valence-electron chi connectivity index (χ3n) is 5.80. The van der Waals surface area contributed by atoms with Crippen LogP contribution in [0.5, 0.6) is 0 Å². The first-order chi connectivity index (χ1) is 11.8. The van der Waals surface area contributed by atoms with E-state index in [0.29, 0.717) is 0 Å². The van der Waals surface area contributed by atoms with E-state index in [-0.39, 0.29) is 0 Å². The molecule has 1 heterocycles. The number of allylic oxidation sites excluding steroid dienone is 2. The van der Waals surface area contributed by atoms with Gasteiger partial charge in [0.2, 0.25) is 0 Å². The lowest BCUT2D eigenvalue weighted by Gasteiger charge is -2.14. The number of unbranched alkanes of at least 4 members (excludes halogenated alkanes) is 8. The van der Waals surface area contributed by atoms with E-state index in [1.54, 1.807) is 11.1 Å². The van der Waals surface area contributed by atoms with Crippen LogP contribution >= 0.6 is 0 Å². The molecule has 0 bridgehead atoms. The van der Waals surface area contributed by atoms with Crippen molar-refractivity contribution >= 4 is 11.3 Å². The molecule has 0 aromatic heterocycles. The molecule has 1 nitrogen and oxygen atoms in total. The maximum absolute atomic E-state index is 4.89. The molecule has 0 unspecified atom stereocenters. The normalized spacial score (nSPS) is 15.6. The molecule has 1 heteroatoms. The molecule has 0 fully saturated rings. The Morgan fingerprint density at radius 1 is 0.875 bits per heavy atom. The predicted octanol–water partition coefficient (Wildman–Crippen LogP) is 7.21. The predicted molar refractivity (Wildman–Crippen MR) is 105 cm³/mol. The highest BCUT2D eigenvalue weighted by Crippen LogP contribution is 2.46. The molecule has 1 radical (unpaired) electrons. The average molecular weight is 325 g/mol. The molecule has 3 rings (SSSR count). The number of nitrogens with zero attached hydrogens (tertiary/aromatic N) is 1. The zero-order chi connectivity index (χ0) is 16.8. The summed E-state index contributed by atoms with van der Waals surface area (Å²) in [6, 6.07) is 4.52. The zero-order valence-electron chi connectivity index (χ0n) is 15.8. The molecule has 1 aromatic carbocycles. The molecule has 24 heavy (non-hydrogen) atoms. The van der Waals surface area contributed by atoms with Gasteiger partial charge in [0.1, 0.15) is 0 Å². The Morgan fingerprint density at radius 2 is 1.58 bits per heavy atom. The van der Waals surface area contributed by atoms with Gasteiger partial charge in [-0.25, -0.2) is 0 Å². The maximum Gasteiger partial charge on any atom is 0.0711 e. The van der Waals surface area contributed by atoms with Crippen LogP contribution in [-0.2, 0) is 6.42 Å². The SMILES string of the molecule is CCCCCCCCCCCc1c(C)ccc2c1C1=C(CCC1)[N]2. The molecule has 1 aliphatic heterocycles. The Labute approximate surface area is 148 Å². The summed E-state index contributed by atoms with van der Waals surface area (Å²) >= 11 is 0. The van der Waals surface area contributed by atoms with Crippen LogP contribution in [0.1, 0.15) is 101 Å². The Morgan fingerprint density at radius 3 is 2.33 bits per heavy atom. The summed E-state index contributed by atoms with van der Waals surface area (Å²) in [5, 5.41) is 4.89. The van der Waals surface area contributed by atoms with Gasteiger partial charge in [-0.05, 0) is 61.8 Å². The van der Waals surface area contributed by atoms with Crippen molar-refractivity contribution in [3.63, 3.8) is 0 Å². The third-order valence-corrected chi connectivity index (χ3v) is 5.80. The first-order valence-electron chi connectivity index (χ1n) is 10.4. The van der Waals surface area contributed by atoms with Crippen LogP contribution in [0.3, 0.4) is 0 Å². The van der Waals surface area contributed by atoms with E-state index in [2.05, 4.69) is 26.0 Å². The number of aryl methyl sites for hydroxylation is 1. The fraction of sp³-hybridized carbons (Fsp3) is 0.652. The minimum Gasteiger partial charge on any atom is -0.253 e. The largest absolute Gasteiger partial charge is 0.253 e. The minimum atomic E-state index is 1.19. The van der Waals surface area contributed by atoms with E-state index in [4.69, 9.17) is 5.32 Å². The molecule has 131 valence electrons. The summed E-state index contributed by atoms with van der Waals surface area (Å²) in [5.41, 5.74) is 8.84. The van der Waals surface area contributed by atoms with Gasteiger partial charge in [-0.15, -0.1) is 0 Å². The van der Waals surface area contributed by atoms with Crippen molar-refractivity contribution in [2.75, 3.05) is 0 Å². The van der Waals surface area contributed by atoms with Crippen molar-refractivity contribution in [1.82, 2.24) is 5.32 Å². The molecule has 0 amide bonds. The first kappa shape index (κ1) is 17.6. The minimum absolute atomic E-state index is 1.19. The van der Waals surface area contributed by atoms with Crippen molar-refractivity contribution in [3.8, 4) is 0 Å². The lowest BCUT2D eigenvalue weighted by atomic mass is 9.91. The van der Waals surface area contributed by atoms with E-state index in [9.17, 15) is 0 Å². The molecule has 0 N–H and O–H groups in total. The van der Waals surface area contributed by atoms with Crippen LogP contribution in [0.4, 0.5) is 5.69 Å². The number of fused-ring (bicyclic) bond motifs is 2. The van der Waals surface area contributed by atoms with Crippen molar-refractivity contribution in [2.24, 2.45) is 0 Å². The molecule has 1 aromatic rings. The number of benzene rings is 1. The molecule has 2 aliphatic rings. The van der Waals surface area contributed by atoms with Gasteiger partial charge in [0.15, 0.2) is 0 Å². The van der Waals surface area contributed by atoms with Gasteiger partial charge in [-0.2, -0.15) is 0 Å². The number of hydrogen-bond donors (Lipinski definition) is 0. The summed E-state index contributed by atoms with van der Waals surface area (Å²) < 4.78 is 0. The average Bonchev–Trinajstić information content (AvgIpc) is 3.16. The van der Waals surface area contributed by atoms with Crippen molar-refractivity contribution in [3.05, 3.63) is 34.5 Å². The standard InChI is InChI=1S/C23H34N/c1-3-4-5-6-7-8-9-10-11-13-19-18(2)16-17-22-23(19)20-14-12-15-21(20)24-22/h16-17H,3-15H2,1-2H3. The molecule has 0 saturated carbocycles. The molecular formula is C23H34N. The zero-order valence-corrected chi connectivity index (χ0v) is 15.8. The summed E-state index contributed by atoms with van der Waals surface area (Å²) in [6.45, 7) is 4.58. The monoisotopic (exact) mass is 324 g/mol. The van der Waals surface area contributed by atoms with Crippen LogP contribution in [0.15, 0.2) is 17.8 Å². The quantitative estimate of drug-likeness (QED) is 0.404. The summed E-state index contributed by atoms with van der Waals surface area (Å²) in [4.78, 5) is 0. The highest BCUT2D eigenvalue weighted by atomic mass is 14.9. The van der Waals surface area contributed by atoms with Crippen LogP contribution in [0.25, 0.3) is 5.57 Å². The number of rotatable bonds is 10. The highest BCUT2D eigenvalue weighted by Gasteiger charge is 2.29. The first-order valence-corrected chi connectivity index (χ1v) is 10.4. The van der Waals surface area contributed by atoms with E-state index in [1.165, 1.54) is 106 Å². The van der Waals surface area contributed by atoms with Gasteiger partial charge in [0, 0.05) is 11.3 Å². The third kappa shape index (κ3) is 4.05. The van der Waals surface area contributed by atoms with Crippen LogP contribution in [0.2, 0.25) is 0 Å². The maximum atomic E-state index is 4.89. The lowest BCUT2D eigenvalue weighted by molar-refractivity contribution is 0.564. The second-order valence-corrected chi connectivity index (χ2v) is 7.72. The molecule has 0 saturated heterocycles. The van der Waals surface area contributed by atoms with Gasteiger partial charge < -0.3 is 0 Å². The fourth-order valence-corrected chi connectivity index (χ4v) is 4.37. The Hall–Kier alpha value is -1.24. The summed E-state index contributed by atoms with van der Waals surface area (Å²) in [5.74, 6) is 0. The molecule has 0 spiro atoms. The van der Waals surface area contributed by atoms with Gasteiger partial charge >= 0.3 is 0 Å². The van der Waals surface area contributed by atoms with Crippen molar-refractivity contribution < 1.29 is 0 Å². The number of hydrogen-bond acceptors (Lipinski definition) is 0. The van der Waals surface area contributed by atoms with E-state index < -0.39 is 0 Å². The Balaban J connectivity index is 1.46.